The van der Waals surface area contributed by atoms with Crippen LogP contribution in [0.25, 0.3) is 6.08 Å². The molecular formula is C21H30O2. The third-order valence-corrected chi connectivity index (χ3v) is 4.50. The standard InChI is InChI=1S/C21H30O2/c1-16(13-14-19-11-6-5-7-12-19)9-8-10-17(2)15-21(4)20(23-21)18(3)22/h5-8,10-14,16-18,20,22H,9,15H2,1-4H3/b10-8+,14-13+/t16-,17-,18-,20+,21+/m0/s1. The Kier molecular flexibility index (Phi) is 6.20. The summed E-state index contributed by atoms with van der Waals surface area (Å²) < 4.78 is 5.66. The average Bonchev–Trinajstić information content (AvgIpc) is 3.18. The van der Waals surface area contributed by atoms with Crippen molar-refractivity contribution in [2.45, 2.75) is 58.3 Å². The highest BCUT2D eigenvalue weighted by atomic mass is 16.6. The fraction of sp³-hybridized carbons (Fsp3) is 0.524. The Hall–Kier alpha value is -1.38. The Balaban J connectivity index is 1.72. The van der Waals surface area contributed by atoms with Crippen molar-refractivity contribution in [2.24, 2.45) is 11.8 Å². The molecule has 0 spiro atoms. The first-order valence-corrected chi connectivity index (χ1v) is 8.66. The minimum absolute atomic E-state index is 0.00563. The highest BCUT2D eigenvalue weighted by Crippen LogP contribution is 2.43. The van der Waals surface area contributed by atoms with Gasteiger partial charge in [-0.25, -0.2) is 0 Å². The van der Waals surface area contributed by atoms with Crippen LogP contribution < -0.4 is 0 Å². The normalized spacial score (nSPS) is 28.1. The van der Waals surface area contributed by atoms with E-state index in [-0.39, 0.29) is 17.8 Å². The Morgan fingerprint density at radius 1 is 1.13 bits per heavy atom. The lowest BCUT2D eigenvalue weighted by atomic mass is 9.92. The van der Waals surface area contributed by atoms with Gasteiger partial charge in [0.25, 0.3) is 0 Å². The third-order valence-electron chi connectivity index (χ3n) is 4.50. The van der Waals surface area contributed by atoms with Crippen LogP contribution in [0, 0.1) is 11.8 Å². The summed E-state index contributed by atoms with van der Waals surface area (Å²) in [6.45, 7) is 8.35. The van der Waals surface area contributed by atoms with E-state index in [1.165, 1.54) is 5.56 Å². The van der Waals surface area contributed by atoms with Crippen LogP contribution in [-0.4, -0.2) is 22.9 Å². The molecule has 1 fully saturated rings. The lowest BCUT2D eigenvalue weighted by molar-refractivity contribution is 0.152. The molecule has 2 nitrogen and oxygen atoms in total. The molecule has 0 amide bonds. The van der Waals surface area contributed by atoms with Crippen molar-refractivity contribution in [3.8, 4) is 0 Å². The Bertz CT molecular complexity index is 532. The number of aliphatic hydroxyl groups excluding tert-OH is 1. The first-order chi connectivity index (χ1) is 10.9. The van der Waals surface area contributed by atoms with E-state index < -0.39 is 0 Å². The van der Waals surface area contributed by atoms with Crippen LogP contribution in [0.4, 0.5) is 0 Å². The van der Waals surface area contributed by atoms with E-state index in [9.17, 15) is 5.11 Å². The first-order valence-electron chi connectivity index (χ1n) is 8.66. The van der Waals surface area contributed by atoms with E-state index in [2.05, 4.69) is 69.3 Å². The molecule has 5 atom stereocenters. The van der Waals surface area contributed by atoms with Gasteiger partial charge in [0.05, 0.1) is 11.7 Å². The van der Waals surface area contributed by atoms with Crippen molar-refractivity contribution in [2.75, 3.05) is 0 Å². The molecule has 126 valence electrons. The predicted octanol–water partition coefficient (Wildman–Crippen LogP) is 4.85. The average molecular weight is 314 g/mol. The van der Waals surface area contributed by atoms with E-state index in [0.717, 1.165) is 12.8 Å². The smallest absolute Gasteiger partial charge is 0.113 e. The van der Waals surface area contributed by atoms with Gasteiger partial charge in [0.15, 0.2) is 0 Å². The number of rotatable bonds is 8. The summed E-state index contributed by atoms with van der Waals surface area (Å²) >= 11 is 0. The number of aliphatic hydroxyl groups is 1. The molecule has 0 radical (unpaired) electrons. The van der Waals surface area contributed by atoms with Gasteiger partial charge in [0.2, 0.25) is 0 Å². The van der Waals surface area contributed by atoms with Crippen molar-refractivity contribution < 1.29 is 9.84 Å². The fourth-order valence-corrected chi connectivity index (χ4v) is 3.18. The van der Waals surface area contributed by atoms with Crippen LogP contribution in [0.5, 0.6) is 0 Å². The van der Waals surface area contributed by atoms with Gasteiger partial charge in [-0.3, -0.25) is 0 Å². The highest BCUT2D eigenvalue weighted by Gasteiger charge is 2.54. The summed E-state index contributed by atoms with van der Waals surface area (Å²) in [5, 5.41) is 9.59. The number of allylic oxidation sites excluding steroid dienone is 3. The van der Waals surface area contributed by atoms with Gasteiger partial charge in [-0.05, 0) is 44.1 Å². The SMILES string of the molecule is C[C@H](/C=C/c1ccccc1)C/C=C/[C@H](C)C[C@@]1(C)O[C@@H]1[C@H](C)O. The molecule has 0 aromatic heterocycles. The minimum Gasteiger partial charge on any atom is -0.391 e. The maximum atomic E-state index is 9.59. The number of hydrogen-bond acceptors (Lipinski definition) is 2. The van der Waals surface area contributed by atoms with E-state index in [1.807, 2.05) is 6.07 Å². The van der Waals surface area contributed by atoms with Gasteiger partial charge >= 0.3 is 0 Å². The van der Waals surface area contributed by atoms with Crippen LogP contribution in [0.1, 0.15) is 46.1 Å². The fourth-order valence-electron chi connectivity index (χ4n) is 3.18. The van der Waals surface area contributed by atoms with Crippen molar-refractivity contribution in [3.05, 3.63) is 54.1 Å². The predicted molar refractivity (Wildman–Crippen MR) is 97.1 cm³/mol. The molecule has 2 heteroatoms. The van der Waals surface area contributed by atoms with Crippen molar-refractivity contribution in [1.29, 1.82) is 0 Å². The van der Waals surface area contributed by atoms with Gasteiger partial charge in [-0.15, -0.1) is 0 Å². The molecule has 23 heavy (non-hydrogen) atoms. The van der Waals surface area contributed by atoms with E-state index >= 15 is 0 Å². The second-order valence-electron chi connectivity index (χ2n) is 7.18. The molecule has 1 N–H and O–H groups in total. The Morgan fingerprint density at radius 2 is 1.83 bits per heavy atom. The van der Waals surface area contributed by atoms with Crippen LogP contribution >= 0.6 is 0 Å². The summed E-state index contributed by atoms with van der Waals surface area (Å²) in [4.78, 5) is 0. The number of benzene rings is 1. The second-order valence-corrected chi connectivity index (χ2v) is 7.18. The quantitative estimate of drug-likeness (QED) is 0.550. The molecule has 1 aliphatic rings. The summed E-state index contributed by atoms with van der Waals surface area (Å²) in [5.74, 6) is 0.991. The van der Waals surface area contributed by atoms with Crippen LogP contribution in [0.2, 0.25) is 0 Å². The summed E-state index contributed by atoms with van der Waals surface area (Å²) in [6.07, 6.45) is 10.6. The van der Waals surface area contributed by atoms with Crippen LogP contribution in [0.15, 0.2) is 48.6 Å². The zero-order valence-corrected chi connectivity index (χ0v) is 14.8. The monoisotopic (exact) mass is 314 g/mol. The number of epoxide rings is 1. The van der Waals surface area contributed by atoms with E-state index in [1.54, 1.807) is 6.92 Å². The molecule has 0 unspecified atom stereocenters. The Morgan fingerprint density at radius 3 is 2.43 bits per heavy atom. The van der Waals surface area contributed by atoms with Crippen molar-refractivity contribution in [3.63, 3.8) is 0 Å². The molecule has 1 aliphatic heterocycles. The third kappa shape index (κ3) is 5.63. The Labute approximate surface area is 140 Å². The molecule has 1 aromatic rings. The number of ether oxygens (including phenoxy) is 1. The molecule has 2 rings (SSSR count). The van der Waals surface area contributed by atoms with Crippen molar-refractivity contribution in [1.82, 2.24) is 0 Å². The molecule has 1 aromatic carbocycles. The minimum atomic E-state index is -0.376. The zero-order chi connectivity index (χ0) is 16.9. The summed E-state index contributed by atoms with van der Waals surface area (Å²) in [7, 11) is 0. The maximum Gasteiger partial charge on any atom is 0.113 e. The molecule has 1 heterocycles. The van der Waals surface area contributed by atoms with Crippen molar-refractivity contribution >= 4 is 6.08 Å². The molecule has 1 saturated heterocycles. The summed E-state index contributed by atoms with van der Waals surface area (Å²) in [5.41, 5.74) is 1.11. The lowest BCUT2D eigenvalue weighted by Crippen LogP contribution is -2.21. The number of hydrogen-bond donors (Lipinski definition) is 1. The van der Waals surface area contributed by atoms with E-state index in [4.69, 9.17) is 4.74 Å². The molecular weight excluding hydrogens is 284 g/mol. The molecule has 0 saturated carbocycles. The van der Waals surface area contributed by atoms with Crippen LogP contribution in [-0.2, 0) is 4.74 Å². The van der Waals surface area contributed by atoms with Gasteiger partial charge in [-0.2, -0.15) is 0 Å². The first kappa shape index (κ1) is 18.0. The second kappa shape index (κ2) is 7.94. The van der Waals surface area contributed by atoms with Gasteiger partial charge in [0.1, 0.15) is 6.10 Å². The van der Waals surface area contributed by atoms with Gasteiger partial charge in [0, 0.05) is 0 Å². The summed E-state index contributed by atoms with van der Waals surface area (Å²) in [6, 6.07) is 10.4. The van der Waals surface area contributed by atoms with Gasteiger partial charge < -0.3 is 9.84 Å². The molecule has 0 bridgehead atoms. The maximum absolute atomic E-state index is 9.59. The van der Waals surface area contributed by atoms with Crippen LogP contribution in [0.3, 0.4) is 0 Å². The van der Waals surface area contributed by atoms with E-state index in [0.29, 0.717) is 11.8 Å². The molecule has 0 aliphatic carbocycles. The zero-order valence-electron chi connectivity index (χ0n) is 14.8. The lowest BCUT2D eigenvalue weighted by Gasteiger charge is -2.12. The van der Waals surface area contributed by atoms with Gasteiger partial charge in [-0.1, -0.05) is 68.5 Å². The highest BCUT2D eigenvalue weighted by molar-refractivity contribution is 5.48. The topological polar surface area (TPSA) is 32.8 Å². The largest absolute Gasteiger partial charge is 0.391 e.